The van der Waals surface area contributed by atoms with Gasteiger partial charge in [0.2, 0.25) is 0 Å². The lowest BCUT2D eigenvalue weighted by molar-refractivity contribution is -0.295. The van der Waals surface area contributed by atoms with E-state index < -0.39 is 41.4 Å². The molecule has 10 nitrogen and oxygen atoms in total. The Morgan fingerprint density at radius 3 is 2.32 bits per heavy atom. The van der Waals surface area contributed by atoms with E-state index in [4.69, 9.17) is 18.9 Å². The molecule has 10 heteroatoms. The molecule has 0 amide bonds. The molecule has 0 aliphatic carbocycles. The maximum atomic E-state index is 14.3. The Hall–Kier alpha value is -2.18. The molecule has 0 aromatic heterocycles. The number of cyclic esters (lactones) is 1. The van der Waals surface area contributed by atoms with Crippen molar-refractivity contribution in [3.8, 4) is 0 Å². The predicted molar refractivity (Wildman–Crippen MR) is 195 cm³/mol. The van der Waals surface area contributed by atoms with Crippen LogP contribution in [0, 0.1) is 17.3 Å². The first-order valence-electron chi connectivity index (χ1n) is 18.7. The number of carbonyl (C=O) groups is 2. The minimum Gasteiger partial charge on any atom is -0.463 e. The number of likely N-dealkylation sites (tertiary alicyclic amines) is 1. The average Bonchev–Trinajstić information content (AvgIpc) is 3.09. The van der Waals surface area contributed by atoms with E-state index in [9.17, 15) is 14.7 Å². The van der Waals surface area contributed by atoms with Crippen molar-refractivity contribution in [2.24, 2.45) is 17.3 Å². The third-order valence-corrected chi connectivity index (χ3v) is 11.4. The van der Waals surface area contributed by atoms with E-state index in [0.717, 1.165) is 45.6 Å². The molecule has 3 aliphatic heterocycles. The SMILES string of the molecule is CCN1C[C@H](C)C[C@@](C)(OC)[C@H](O[C@@H]2O[C@H](C)C[C@H](N(C)C)[C@H]2O)[C@@H](C)C(=O)C(C)(C)C(=O)OC[C@H]1C=C1CCN(Cc2ccccc2)CC1. The zero-order valence-electron chi connectivity index (χ0n) is 32.4. The van der Waals surface area contributed by atoms with Gasteiger partial charge in [-0.05, 0) is 85.5 Å². The third-order valence-electron chi connectivity index (χ3n) is 11.4. The lowest BCUT2D eigenvalue weighted by atomic mass is 9.74. The van der Waals surface area contributed by atoms with E-state index in [-0.39, 0.29) is 36.5 Å². The summed E-state index contributed by atoms with van der Waals surface area (Å²) < 4.78 is 25.2. The number of Topliss-reactive ketones (excluding diaryl/α,β-unsaturated/α-hetero) is 1. The van der Waals surface area contributed by atoms with Crippen LogP contribution in [0.2, 0.25) is 0 Å². The van der Waals surface area contributed by atoms with E-state index in [2.05, 4.69) is 60.1 Å². The molecule has 1 aromatic rings. The summed E-state index contributed by atoms with van der Waals surface area (Å²) in [7, 11) is 5.51. The monoisotopic (exact) mass is 699 g/mol. The Bertz CT molecular complexity index is 1280. The van der Waals surface area contributed by atoms with Gasteiger partial charge in [0.05, 0.1) is 23.9 Å². The highest BCUT2D eigenvalue weighted by Gasteiger charge is 2.51. The number of hydrogen-bond acceptors (Lipinski definition) is 10. The average molecular weight is 700 g/mol. The lowest BCUT2D eigenvalue weighted by Crippen LogP contribution is -2.59. The van der Waals surface area contributed by atoms with Crippen molar-refractivity contribution in [1.29, 1.82) is 0 Å². The molecule has 0 bridgehead atoms. The van der Waals surface area contributed by atoms with E-state index in [1.807, 2.05) is 32.8 Å². The van der Waals surface area contributed by atoms with Gasteiger partial charge in [-0.3, -0.25) is 19.4 Å². The van der Waals surface area contributed by atoms with Gasteiger partial charge in [0.25, 0.3) is 0 Å². The number of aliphatic hydroxyl groups is 1. The second-order valence-corrected chi connectivity index (χ2v) is 16.1. The van der Waals surface area contributed by atoms with Gasteiger partial charge < -0.3 is 29.0 Å². The van der Waals surface area contributed by atoms with E-state index in [0.29, 0.717) is 12.8 Å². The molecular weight excluding hydrogens is 634 g/mol. The van der Waals surface area contributed by atoms with Crippen LogP contribution in [-0.4, -0.2) is 128 Å². The van der Waals surface area contributed by atoms with Crippen LogP contribution >= 0.6 is 0 Å². The molecule has 3 aliphatic rings. The highest BCUT2D eigenvalue weighted by Crippen LogP contribution is 2.38. The number of likely N-dealkylation sites (N-methyl/N-ethyl adjacent to an activating group) is 2. The number of carbonyl (C=O) groups excluding carboxylic acids is 2. The molecule has 9 atom stereocenters. The molecule has 1 N–H and O–H groups in total. The van der Waals surface area contributed by atoms with Crippen LogP contribution in [0.1, 0.15) is 79.7 Å². The smallest absolute Gasteiger partial charge is 0.319 e. The highest BCUT2D eigenvalue weighted by atomic mass is 16.7. The van der Waals surface area contributed by atoms with Crippen molar-refractivity contribution >= 4 is 11.8 Å². The number of rotatable bonds is 8. The molecule has 1 aromatic carbocycles. The molecule has 3 heterocycles. The summed E-state index contributed by atoms with van der Waals surface area (Å²) in [5.74, 6) is -1.47. The fourth-order valence-corrected chi connectivity index (χ4v) is 8.25. The van der Waals surface area contributed by atoms with Crippen LogP contribution in [0.15, 0.2) is 42.0 Å². The summed E-state index contributed by atoms with van der Waals surface area (Å²) in [4.78, 5) is 35.0. The van der Waals surface area contributed by atoms with Crippen molar-refractivity contribution in [3.63, 3.8) is 0 Å². The van der Waals surface area contributed by atoms with Gasteiger partial charge in [-0.15, -0.1) is 0 Å². The van der Waals surface area contributed by atoms with Crippen molar-refractivity contribution in [1.82, 2.24) is 14.7 Å². The second-order valence-electron chi connectivity index (χ2n) is 16.1. The summed E-state index contributed by atoms with van der Waals surface area (Å²) in [6.45, 7) is 17.9. The lowest BCUT2D eigenvalue weighted by Gasteiger charge is -2.47. The van der Waals surface area contributed by atoms with Crippen LogP contribution in [0.5, 0.6) is 0 Å². The van der Waals surface area contributed by atoms with Gasteiger partial charge in [0.15, 0.2) is 12.1 Å². The van der Waals surface area contributed by atoms with Gasteiger partial charge in [-0.2, -0.15) is 0 Å². The molecule has 0 unspecified atom stereocenters. The number of aliphatic hydroxyl groups excluding tert-OH is 1. The van der Waals surface area contributed by atoms with Crippen LogP contribution in [0.3, 0.4) is 0 Å². The molecule has 4 rings (SSSR count). The minimum atomic E-state index is -1.43. The zero-order valence-corrected chi connectivity index (χ0v) is 32.4. The summed E-state index contributed by atoms with van der Waals surface area (Å²) in [5, 5.41) is 11.4. The fraction of sp³-hybridized carbons (Fsp3) is 0.750. The fourth-order valence-electron chi connectivity index (χ4n) is 8.25. The summed E-state index contributed by atoms with van der Waals surface area (Å²) >= 11 is 0. The summed E-state index contributed by atoms with van der Waals surface area (Å²) in [6.07, 6.45) is 2.62. The quantitative estimate of drug-likeness (QED) is 0.229. The normalized spacial score (nSPS) is 35.6. The largest absolute Gasteiger partial charge is 0.463 e. The first kappa shape index (κ1) is 40.6. The van der Waals surface area contributed by atoms with Crippen LogP contribution in [0.25, 0.3) is 0 Å². The number of ketones is 1. The standard InChI is InChI=1S/C40H65N3O7/c1-11-43-24-27(2)23-40(7,47-10)36(50-37-34(44)33(41(8)9)21-28(3)49-37)29(4)35(45)39(5,6)38(46)48-26-32(43)22-30-17-19-42(20-18-30)25-31-15-13-12-14-16-31/h12-16,22,27-29,32-34,36-37,44H,11,17-21,23-26H2,1-10H3/t27-,28-,29+,32-,33+,34-,36-,37+,40-/m1/s1. The first-order valence-corrected chi connectivity index (χ1v) is 18.7. The topological polar surface area (TPSA) is 101 Å². The Morgan fingerprint density at radius 2 is 1.72 bits per heavy atom. The molecule has 0 spiro atoms. The highest BCUT2D eigenvalue weighted by molar-refractivity contribution is 6.04. The van der Waals surface area contributed by atoms with Crippen molar-refractivity contribution in [2.45, 2.75) is 123 Å². The van der Waals surface area contributed by atoms with Crippen LogP contribution < -0.4 is 0 Å². The Kier molecular flexibility index (Phi) is 14.3. The molecule has 3 saturated heterocycles. The Balaban J connectivity index is 1.60. The molecule has 282 valence electrons. The molecule has 50 heavy (non-hydrogen) atoms. The molecule has 3 fully saturated rings. The second kappa shape index (κ2) is 17.6. The summed E-state index contributed by atoms with van der Waals surface area (Å²) in [5.41, 5.74) is 0.337. The van der Waals surface area contributed by atoms with Gasteiger partial charge in [-0.25, -0.2) is 0 Å². The predicted octanol–water partition coefficient (Wildman–Crippen LogP) is 4.93. The van der Waals surface area contributed by atoms with Crippen molar-refractivity contribution in [2.75, 3.05) is 54.0 Å². The Labute approximate surface area is 301 Å². The van der Waals surface area contributed by atoms with Gasteiger partial charge in [0.1, 0.15) is 18.1 Å². The maximum absolute atomic E-state index is 14.3. The van der Waals surface area contributed by atoms with E-state index >= 15 is 0 Å². The molecule has 0 saturated carbocycles. The number of esters is 1. The third kappa shape index (κ3) is 9.82. The minimum absolute atomic E-state index is 0.123. The number of methoxy groups -OCH3 is 1. The molecule has 0 radical (unpaired) electrons. The van der Waals surface area contributed by atoms with Crippen LogP contribution in [0.4, 0.5) is 0 Å². The molecular formula is C40H65N3O7. The van der Waals surface area contributed by atoms with Gasteiger partial charge >= 0.3 is 5.97 Å². The van der Waals surface area contributed by atoms with Gasteiger partial charge in [0, 0.05) is 45.2 Å². The zero-order chi connectivity index (χ0) is 36.8. The number of piperidine rings is 1. The number of hydrogen-bond donors (Lipinski definition) is 1. The van der Waals surface area contributed by atoms with Crippen molar-refractivity contribution < 1.29 is 33.6 Å². The number of nitrogens with zero attached hydrogens (tertiary/aromatic N) is 3. The van der Waals surface area contributed by atoms with Crippen molar-refractivity contribution in [3.05, 3.63) is 47.5 Å². The first-order chi connectivity index (χ1) is 23.6. The number of benzene rings is 1. The van der Waals surface area contributed by atoms with E-state index in [1.165, 1.54) is 11.1 Å². The van der Waals surface area contributed by atoms with Gasteiger partial charge in [-0.1, -0.05) is 62.8 Å². The maximum Gasteiger partial charge on any atom is 0.319 e. The number of ether oxygens (including phenoxy) is 4. The van der Waals surface area contributed by atoms with Crippen LogP contribution in [-0.2, 0) is 35.1 Å². The van der Waals surface area contributed by atoms with E-state index in [1.54, 1.807) is 27.9 Å². The Morgan fingerprint density at radius 1 is 1.06 bits per heavy atom. The summed E-state index contributed by atoms with van der Waals surface area (Å²) in [6, 6.07) is 10.3.